The Hall–Kier alpha value is -2.13. The highest BCUT2D eigenvalue weighted by atomic mass is 35.5. The number of aliphatic carboxylic acids is 1. The molecule has 1 fully saturated rings. The first-order valence-electron chi connectivity index (χ1n) is 7.69. The van der Waals surface area contributed by atoms with E-state index in [1.807, 2.05) is 36.4 Å². The first kappa shape index (κ1) is 15.8. The summed E-state index contributed by atoms with van der Waals surface area (Å²) in [5, 5.41) is 9.91. The van der Waals surface area contributed by atoms with Crippen LogP contribution >= 0.6 is 11.6 Å². The Bertz CT molecular complexity index is 719. The lowest BCUT2D eigenvalue weighted by Crippen LogP contribution is -2.25. The SMILES string of the molecule is O=C(O)C1CCCC1C(=O)c1ccc(-c2ccc(Cl)cc2)cc1. The standard InChI is InChI=1S/C19H17ClO3/c20-15-10-8-13(9-11-15)12-4-6-14(7-5-12)18(21)16-2-1-3-17(16)19(22)23/h4-11,16-17H,1-3H2,(H,22,23). The predicted octanol–water partition coefficient (Wildman–Crippen LogP) is 4.69. The van der Waals surface area contributed by atoms with Gasteiger partial charge in [0.2, 0.25) is 0 Å². The quantitative estimate of drug-likeness (QED) is 0.828. The van der Waals surface area contributed by atoms with Crippen LogP contribution in [0.1, 0.15) is 29.6 Å². The number of carboxylic acids is 1. The minimum absolute atomic E-state index is 0.0578. The highest BCUT2D eigenvalue weighted by Gasteiger charge is 2.37. The first-order valence-corrected chi connectivity index (χ1v) is 8.07. The van der Waals surface area contributed by atoms with E-state index < -0.39 is 17.8 Å². The van der Waals surface area contributed by atoms with E-state index in [2.05, 4.69) is 0 Å². The van der Waals surface area contributed by atoms with Crippen LogP contribution in [0, 0.1) is 11.8 Å². The Morgan fingerprint density at radius 1 is 0.870 bits per heavy atom. The summed E-state index contributed by atoms with van der Waals surface area (Å²) in [6.07, 6.45) is 2.06. The molecule has 0 saturated heterocycles. The molecule has 0 aliphatic heterocycles. The number of Topliss-reactive ketones (excluding diaryl/α,β-unsaturated/α-hetero) is 1. The molecule has 2 unspecified atom stereocenters. The lowest BCUT2D eigenvalue weighted by atomic mass is 9.88. The van der Waals surface area contributed by atoms with Gasteiger partial charge < -0.3 is 5.11 Å². The van der Waals surface area contributed by atoms with Gasteiger partial charge in [-0.3, -0.25) is 9.59 Å². The summed E-state index contributed by atoms with van der Waals surface area (Å²) in [5.74, 6) is -1.86. The fourth-order valence-electron chi connectivity index (χ4n) is 3.25. The molecule has 0 bridgehead atoms. The molecule has 1 N–H and O–H groups in total. The molecule has 2 atom stereocenters. The van der Waals surface area contributed by atoms with Crippen LogP contribution in [0.15, 0.2) is 48.5 Å². The largest absolute Gasteiger partial charge is 0.481 e. The Kier molecular flexibility index (Phi) is 4.49. The number of hydrogen-bond acceptors (Lipinski definition) is 2. The number of carbonyl (C=O) groups excluding carboxylic acids is 1. The minimum atomic E-state index is -0.862. The van der Waals surface area contributed by atoms with E-state index in [1.54, 1.807) is 12.1 Å². The van der Waals surface area contributed by atoms with E-state index in [1.165, 1.54) is 0 Å². The molecule has 0 heterocycles. The summed E-state index contributed by atoms with van der Waals surface area (Å²) >= 11 is 5.89. The molecule has 1 aliphatic rings. The van der Waals surface area contributed by atoms with Gasteiger partial charge in [-0.1, -0.05) is 54.4 Å². The third-order valence-electron chi connectivity index (χ3n) is 4.52. The zero-order chi connectivity index (χ0) is 16.4. The number of ketones is 1. The average Bonchev–Trinajstić information content (AvgIpc) is 3.05. The zero-order valence-electron chi connectivity index (χ0n) is 12.5. The van der Waals surface area contributed by atoms with E-state index in [0.29, 0.717) is 23.4 Å². The third-order valence-corrected chi connectivity index (χ3v) is 4.77. The lowest BCUT2D eigenvalue weighted by Gasteiger charge is -2.14. The van der Waals surface area contributed by atoms with Crippen molar-refractivity contribution in [2.24, 2.45) is 11.8 Å². The molecular weight excluding hydrogens is 312 g/mol. The highest BCUT2D eigenvalue weighted by Crippen LogP contribution is 2.34. The van der Waals surface area contributed by atoms with Gasteiger partial charge >= 0.3 is 5.97 Å². The van der Waals surface area contributed by atoms with Gasteiger partial charge in [-0.15, -0.1) is 0 Å². The zero-order valence-corrected chi connectivity index (χ0v) is 13.3. The van der Waals surface area contributed by atoms with Crippen molar-refractivity contribution in [2.75, 3.05) is 0 Å². The topological polar surface area (TPSA) is 54.4 Å². The first-order chi connectivity index (χ1) is 11.1. The van der Waals surface area contributed by atoms with Crippen molar-refractivity contribution in [3.8, 4) is 11.1 Å². The molecule has 0 aromatic heterocycles. The van der Waals surface area contributed by atoms with Crippen molar-refractivity contribution >= 4 is 23.4 Å². The molecule has 0 spiro atoms. The van der Waals surface area contributed by atoms with Crippen molar-refractivity contribution in [1.29, 1.82) is 0 Å². The van der Waals surface area contributed by atoms with Gasteiger partial charge in [0.1, 0.15) is 0 Å². The summed E-state index contributed by atoms with van der Waals surface area (Å²) in [7, 11) is 0. The molecule has 23 heavy (non-hydrogen) atoms. The van der Waals surface area contributed by atoms with Crippen LogP contribution in [-0.2, 0) is 4.79 Å². The highest BCUT2D eigenvalue weighted by molar-refractivity contribution is 6.30. The predicted molar refractivity (Wildman–Crippen MR) is 89.7 cm³/mol. The Morgan fingerprint density at radius 3 is 1.96 bits per heavy atom. The molecule has 0 amide bonds. The van der Waals surface area contributed by atoms with Crippen LogP contribution in [-0.4, -0.2) is 16.9 Å². The molecule has 3 rings (SSSR count). The van der Waals surface area contributed by atoms with Gasteiger partial charge in [0.25, 0.3) is 0 Å². The summed E-state index contributed by atoms with van der Waals surface area (Å²) in [4.78, 5) is 23.8. The molecule has 0 radical (unpaired) electrons. The maximum Gasteiger partial charge on any atom is 0.307 e. The van der Waals surface area contributed by atoms with Gasteiger partial charge in [-0.25, -0.2) is 0 Å². The van der Waals surface area contributed by atoms with Crippen LogP contribution in [0.25, 0.3) is 11.1 Å². The van der Waals surface area contributed by atoms with E-state index in [0.717, 1.165) is 17.5 Å². The molecule has 118 valence electrons. The van der Waals surface area contributed by atoms with Crippen LogP contribution in [0.4, 0.5) is 0 Å². The van der Waals surface area contributed by atoms with Gasteiger partial charge in [-0.2, -0.15) is 0 Å². The van der Waals surface area contributed by atoms with Crippen molar-refractivity contribution in [1.82, 2.24) is 0 Å². The van der Waals surface area contributed by atoms with E-state index in [-0.39, 0.29) is 5.78 Å². The summed E-state index contributed by atoms with van der Waals surface area (Å²) in [5.41, 5.74) is 2.61. The summed E-state index contributed by atoms with van der Waals surface area (Å²) in [6, 6.07) is 14.8. The van der Waals surface area contributed by atoms with Gasteiger partial charge in [0.15, 0.2) is 5.78 Å². The van der Waals surface area contributed by atoms with Crippen molar-refractivity contribution in [2.45, 2.75) is 19.3 Å². The molecule has 3 nitrogen and oxygen atoms in total. The number of hydrogen-bond donors (Lipinski definition) is 1. The maximum absolute atomic E-state index is 12.6. The molecule has 2 aromatic rings. The Labute approximate surface area is 139 Å². The van der Waals surface area contributed by atoms with Crippen molar-refractivity contribution < 1.29 is 14.7 Å². The third kappa shape index (κ3) is 3.30. The second-order valence-corrected chi connectivity index (χ2v) is 6.37. The van der Waals surface area contributed by atoms with Crippen molar-refractivity contribution in [3.05, 3.63) is 59.1 Å². The summed E-state index contributed by atoms with van der Waals surface area (Å²) in [6.45, 7) is 0. The lowest BCUT2D eigenvalue weighted by molar-refractivity contribution is -0.142. The average molecular weight is 329 g/mol. The Morgan fingerprint density at radius 2 is 1.39 bits per heavy atom. The Balaban J connectivity index is 1.80. The second kappa shape index (κ2) is 6.55. The molecule has 1 aliphatic carbocycles. The van der Waals surface area contributed by atoms with E-state index in [9.17, 15) is 14.7 Å². The monoisotopic (exact) mass is 328 g/mol. The van der Waals surface area contributed by atoms with Gasteiger partial charge in [0.05, 0.1) is 5.92 Å². The molecule has 4 heteroatoms. The fraction of sp³-hybridized carbons (Fsp3) is 0.263. The van der Waals surface area contributed by atoms with Crippen LogP contribution in [0.2, 0.25) is 5.02 Å². The van der Waals surface area contributed by atoms with Gasteiger partial charge in [-0.05, 0) is 36.1 Å². The normalized spacial score (nSPS) is 20.4. The number of halogens is 1. The minimum Gasteiger partial charge on any atom is -0.481 e. The summed E-state index contributed by atoms with van der Waals surface area (Å²) < 4.78 is 0. The molecule has 2 aromatic carbocycles. The number of carboxylic acid groups (broad SMARTS) is 1. The van der Waals surface area contributed by atoms with Crippen LogP contribution in [0.5, 0.6) is 0 Å². The van der Waals surface area contributed by atoms with Crippen LogP contribution < -0.4 is 0 Å². The van der Waals surface area contributed by atoms with Crippen LogP contribution in [0.3, 0.4) is 0 Å². The second-order valence-electron chi connectivity index (χ2n) is 5.93. The molecular formula is C19H17ClO3. The smallest absolute Gasteiger partial charge is 0.307 e. The van der Waals surface area contributed by atoms with Crippen molar-refractivity contribution in [3.63, 3.8) is 0 Å². The number of benzene rings is 2. The maximum atomic E-state index is 12.6. The molecule has 1 saturated carbocycles. The number of rotatable bonds is 4. The number of carbonyl (C=O) groups is 2. The fourth-order valence-corrected chi connectivity index (χ4v) is 3.38. The van der Waals surface area contributed by atoms with E-state index >= 15 is 0 Å². The van der Waals surface area contributed by atoms with E-state index in [4.69, 9.17) is 11.6 Å². The van der Waals surface area contributed by atoms with Gasteiger partial charge in [0, 0.05) is 16.5 Å².